The maximum Gasteiger partial charge on any atom is 0.153 e. The molecule has 0 atom stereocenters. The Morgan fingerprint density at radius 3 is 2.40 bits per heavy atom. The standard InChI is InChI=1S/C9H5ClF2N2S/c10-4-7-13-14-9(15-7)8-5(11)2-1-3-6(8)12/h1-3H,4H2. The van der Waals surface area contributed by atoms with E-state index in [1.807, 2.05) is 0 Å². The summed E-state index contributed by atoms with van der Waals surface area (Å²) in [5, 5.41) is 8.13. The molecule has 2 rings (SSSR count). The fraction of sp³-hybridized carbons (Fsp3) is 0.111. The van der Waals surface area contributed by atoms with Crippen LogP contribution < -0.4 is 0 Å². The summed E-state index contributed by atoms with van der Waals surface area (Å²) < 4.78 is 26.6. The topological polar surface area (TPSA) is 25.8 Å². The number of benzene rings is 1. The van der Waals surface area contributed by atoms with Crippen LogP contribution in [0.25, 0.3) is 10.6 Å². The van der Waals surface area contributed by atoms with Crippen LogP contribution in [0.15, 0.2) is 18.2 Å². The van der Waals surface area contributed by atoms with Crippen LogP contribution in [-0.4, -0.2) is 10.2 Å². The Labute approximate surface area is 93.5 Å². The average Bonchev–Trinajstić information content (AvgIpc) is 2.66. The Morgan fingerprint density at radius 2 is 1.87 bits per heavy atom. The average molecular weight is 247 g/mol. The van der Waals surface area contributed by atoms with Gasteiger partial charge in [0.25, 0.3) is 0 Å². The van der Waals surface area contributed by atoms with Gasteiger partial charge >= 0.3 is 0 Å². The quantitative estimate of drug-likeness (QED) is 0.761. The lowest BCUT2D eigenvalue weighted by Gasteiger charge is -1.98. The number of rotatable bonds is 2. The summed E-state index contributed by atoms with van der Waals surface area (Å²) in [5.41, 5.74) is -0.147. The summed E-state index contributed by atoms with van der Waals surface area (Å²) in [7, 11) is 0. The second-order valence-electron chi connectivity index (χ2n) is 2.73. The van der Waals surface area contributed by atoms with E-state index in [9.17, 15) is 8.78 Å². The van der Waals surface area contributed by atoms with Gasteiger partial charge < -0.3 is 0 Å². The fourth-order valence-corrected chi connectivity index (χ4v) is 2.07. The Kier molecular flexibility index (Phi) is 2.93. The zero-order valence-corrected chi connectivity index (χ0v) is 8.95. The molecule has 0 aliphatic rings. The third kappa shape index (κ3) is 1.98. The van der Waals surface area contributed by atoms with E-state index in [0.717, 1.165) is 11.3 Å². The highest BCUT2D eigenvalue weighted by molar-refractivity contribution is 7.14. The smallest absolute Gasteiger partial charge is 0.153 e. The largest absolute Gasteiger partial charge is 0.206 e. The van der Waals surface area contributed by atoms with E-state index in [1.54, 1.807) is 0 Å². The summed E-state index contributed by atoms with van der Waals surface area (Å²) in [4.78, 5) is 0. The maximum atomic E-state index is 13.3. The third-order valence-corrected chi connectivity index (χ3v) is 3.11. The molecule has 1 aromatic carbocycles. The minimum atomic E-state index is -0.646. The van der Waals surface area contributed by atoms with Crippen LogP contribution in [0.5, 0.6) is 0 Å². The summed E-state index contributed by atoms with van der Waals surface area (Å²) in [6.45, 7) is 0. The number of halogens is 3. The van der Waals surface area contributed by atoms with Gasteiger partial charge in [0.1, 0.15) is 16.6 Å². The van der Waals surface area contributed by atoms with Gasteiger partial charge in [-0.1, -0.05) is 17.4 Å². The lowest BCUT2D eigenvalue weighted by molar-refractivity contribution is 0.589. The van der Waals surface area contributed by atoms with E-state index in [-0.39, 0.29) is 16.5 Å². The van der Waals surface area contributed by atoms with Crippen molar-refractivity contribution in [2.24, 2.45) is 0 Å². The summed E-state index contributed by atoms with van der Waals surface area (Å²) in [5.74, 6) is -1.10. The van der Waals surface area contributed by atoms with Crippen LogP contribution in [-0.2, 0) is 5.88 Å². The van der Waals surface area contributed by atoms with Crippen molar-refractivity contribution in [1.29, 1.82) is 0 Å². The van der Waals surface area contributed by atoms with E-state index in [0.29, 0.717) is 5.01 Å². The van der Waals surface area contributed by atoms with Crippen LogP contribution in [0.2, 0.25) is 0 Å². The molecule has 6 heteroatoms. The molecule has 2 nitrogen and oxygen atoms in total. The first-order valence-electron chi connectivity index (χ1n) is 4.05. The predicted octanol–water partition coefficient (Wildman–Crippen LogP) is 3.22. The molecule has 0 fully saturated rings. The molecule has 2 aromatic rings. The van der Waals surface area contributed by atoms with Gasteiger partial charge in [-0.15, -0.1) is 21.8 Å². The van der Waals surface area contributed by atoms with Gasteiger partial charge in [-0.25, -0.2) is 8.78 Å². The Morgan fingerprint density at radius 1 is 1.20 bits per heavy atom. The van der Waals surface area contributed by atoms with Gasteiger partial charge in [-0.05, 0) is 12.1 Å². The van der Waals surface area contributed by atoms with Crippen LogP contribution in [0.4, 0.5) is 8.78 Å². The van der Waals surface area contributed by atoms with Gasteiger partial charge in [0.05, 0.1) is 11.4 Å². The van der Waals surface area contributed by atoms with E-state index in [4.69, 9.17) is 11.6 Å². The summed E-state index contributed by atoms with van der Waals surface area (Å²) in [6.07, 6.45) is 0. The molecule has 1 heterocycles. The molecular formula is C9H5ClF2N2S. The number of aromatic nitrogens is 2. The summed E-state index contributed by atoms with van der Waals surface area (Å²) >= 11 is 6.61. The highest BCUT2D eigenvalue weighted by atomic mass is 35.5. The SMILES string of the molecule is Fc1cccc(F)c1-c1nnc(CCl)s1. The Bertz CT molecular complexity index is 466. The van der Waals surface area contributed by atoms with Gasteiger partial charge in [0.15, 0.2) is 5.01 Å². The molecular weight excluding hydrogens is 242 g/mol. The molecule has 0 bridgehead atoms. The molecule has 0 unspecified atom stereocenters. The third-order valence-electron chi connectivity index (χ3n) is 1.76. The van der Waals surface area contributed by atoms with Gasteiger partial charge in [0, 0.05) is 0 Å². The molecule has 78 valence electrons. The minimum Gasteiger partial charge on any atom is -0.206 e. The molecule has 0 N–H and O–H groups in total. The highest BCUT2D eigenvalue weighted by Crippen LogP contribution is 2.28. The fourth-order valence-electron chi connectivity index (χ4n) is 1.11. The van der Waals surface area contributed by atoms with Crippen molar-refractivity contribution in [3.63, 3.8) is 0 Å². The maximum absolute atomic E-state index is 13.3. The first-order chi connectivity index (χ1) is 7.22. The van der Waals surface area contributed by atoms with Crippen LogP contribution in [0, 0.1) is 11.6 Å². The first kappa shape index (κ1) is 10.4. The minimum absolute atomic E-state index is 0.147. The molecule has 15 heavy (non-hydrogen) atoms. The lowest BCUT2D eigenvalue weighted by Crippen LogP contribution is -1.88. The second kappa shape index (κ2) is 4.20. The molecule has 0 spiro atoms. The Balaban J connectivity index is 2.53. The molecule has 0 aliphatic carbocycles. The van der Waals surface area contributed by atoms with Crippen molar-refractivity contribution in [3.05, 3.63) is 34.8 Å². The lowest BCUT2D eigenvalue weighted by atomic mass is 10.2. The van der Waals surface area contributed by atoms with Crippen molar-refractivity contribution in [3.8, 4) is 10.6 Å². The zero-order chi connectivity index (χ0) is 10.8. The molecule has 0 amide bonds. The van der Waals surface area contributed by atoms with Gasteiger partial charge in [-0.3, -0.25) is 0 Å². The normalized spacial score (nSPS) is 10.6. The predicted molar refractivity (Wildman–Crippen MR) is 54.8 cm³/mol. The first-order valence-corrected chi connectivity index (χ1v) is 5.40. The van der Waals surface area contributed by atoms with Crippen LogP contribution in [0.1, 0.15) is 5.01 Å². The molecule has 1 aromatic heterocycles. The van der Waals surface area contributed by atoms with Crippen molar-refractivity contribution >= 4 is 22.9 Å². The van der Waals surface area contributed by atoms with Crippen molar-refractivity contribution in [2.45, 2.75) is 5.88 Å². The zero-order valence-electron chi connectivity index (χ0n) is 7.38. The number of nitrogens with zero attached hydrogens (tertiary/aromatic N) is 2. The number of hydrogen-bond acceptors (Lipinski definition) is 3. The van der Waals surface area contributed by atoms with Crippen molar-refractivity contribution in [2.75, 3.05) is 0 Å². The number of hydrogen-bond donors (Lipinski definition) is 0. The van der Waals surface area contributed by atoms with Crippen LogP contribution in [0.3, 0.4) is 0 Å². The van der Waals surface area contributed by atoms with Gasteiger partial charge in [0.2, 0.25) is 0 Å². The Hall–Kier alpha value is -1.07. The van der Waals surface area contributed by atoms with Crippen molar-refractivity contribution < 1.29 is 8.78 Å². The second-order valence-corrected chi connectivity index (χ2v) is 4.06. The van der Waals surface area contributed by atoms with Crippen molar-refractivity contribution in [1.82, 2.24) is 10.2 Å². The molecule has 0 saturated carbocycles. The molecule has 0 saturated heterocycles. The molecule has 0 radical (unpaired) electrons. The van der Waals surface area contributed by atoms with Crippen LogP contribution >= 0.6 is 22.9 Å². The van der Waals surface area contributed by atoms with E-state index >= 15 is 0 Å². The highest BCUT2D eigenvalue weighted by Gasteiger charge is 2.15. The monoisotopic (exact) mass is 246 g/mol. The summed E-state index contributed by atoms with van der Waals surface area (Å²) in [6, 6.07) is 3.66. The van der Waals surface area contributed by atoms with E-state index in [2.05, 4.69) is 10.2 Å². The number of alkyl halides is 1. The van der Waals surface area contributed by atoms with Gasteiger partial charge in [-0.2, -0.15) is 0 Å². The van der Waals surface area contributed by atoms with E-state index in [1.165, 1.54) is 18.2 Å². The van der Waals surface area contributed by atoms with E-state index < -0.39 is 11.6 Å². The molecule has 0 aliphatic heterocycles.